The maximum Gasteiger partial charge on any atom is 0.363 e. The van der Waals surface area contributed by atoms with E-state index >= 15 is 0 Å². The minimum atomic E-state index is -0.626. The lowest BCUT2D eigenvalue weighted by Gasteiger charge is -2.14. The lowest BCUT2D eigenvalue weighted by molar-refractivity contribution is -0.129. The van der Waals surface area contributed by atoms with Crippen LogP contribution in [0.25, 0.3) is 6.08 Å². The molecule has 3 aromatic rings. The Labute approximate surface area is 186 Å². The molecular weight excluding hydrogens is 465 g/mol. The van der Waals surface area contributed by atoms with Gasteiger partial charge in [0.05, 0.1) is 7.11 Å². The molecule has 0 amide bonds. The number of benzene rings is 3. The Morgan fingerprint density at radius 3 is 2.68 bits per heavy atom. The third kappa shape index (κ3) is 4.67. The van der Waals surface area contributed by atoms with Gasteiger partial charge in [-0.05, 0) is 36.4 Å². The van der Waals surface area contributed by atoms with E-state index in [4.69, 9.17) is 14.2 Å². The van der Waals surface area contributed by atoms with Gasteiger partial charge >= 0.3 is 5.97 Å². The van der Waals surface area contributed by atoms with E-state index in [2.05, 4.69) is 20.9 Å². The molecule has 31 heavy (non-hydrogen) atoms. The SMILES string of the molecule is COc1cccc(/C=C2\N=C(c3cccc(F)c3)OC2=O)c1OCc1ccccc1Br. The molecule has 156 valence electrons. The normalized spacial score (nSPS) is 14.4. The Bertz CT molecular complexity index is 1210. The number of para-hydroxylation sites is 1. The molecule has 0 N–H and O–H groups in total. The fraction of sp³-hybridized carbons (Fsp3) is 0.0833. The Balaban J connectivity index is 1.67. The van der Waals surface area contributed by atoms with Crippen LogP contribution in [0, 0.1) is 5.82 Å². The summed E-state index contributed by atoms with van der Waals surface area (Å²) in [5.41, 5.74) is 2.02. The van der Waals surface area contributed by atoms with Gasteiger partial charge in [0, 0.05) is 21.2 Å². The van der Waals surface area contributed by atoms with Gasteiger partial charge in [-0.15, -0.1) is 0 Å². The third-order valence-corrected chi connectivity index (χ3v) is 5.32. The van der Waals surface area contributed by atoms with E-state index in [1.54, 1.807) is 37.5 Å². The summed E-state index contributed by atoms with van der Waals surface area (Å²) in [5, 5.41) is 0. The fourth-order valence-corrected chi connectivity index (χ4v) is 3.43. The predicted octanol–water partition coefficient (Wildman–Crippen LogP) is 5.52. The van der Waals surface area contributed by atoms with Gasteiger partial charge in [0.25, 0.3) is 0 Å². The Kier molecular flexibility index (Phi) is 6.13. The molecule has 0 spiro atoms. The van der Waals surface area contributed by atoms with Crippen LogP contribution in [-0.2, 0) is 16.1 Å². The first-order valence-corrected chi connectivity index (χ1v) is 10.2. The number of methoxy groups -OCH3 is 1. The van der Waals surface area contributed by atoms with Crippen molar-refractivity contribution in [1.82, 2.24) is 0 Å². The largest absolute Gasteiger partial charge is 0.493 e. The molecule has 0 aliphatic carbocycles. The number of aliphatic imine (C=N–C) groups is 1. The first-order valence-electron chi connectivity index (χ1n) is 9.37. The van der Waals surface area contributed by atoms with E-state index in [1.807, 2.05) is 24.3 Å². The van der Waals surface area contributed by atoms with Crippen molar-refractivity contribution in [2.24, 2.45) is 4.99 Å². The second-order valence-electron chi connectivity index (χ2n) is 6.61. The van der Waals surface area contributed by atoms with Crippen LogP contribution in [0.4, 0.5) is 4.39 Å². The predicted molar refractivity (Wildman–Crippen MR) is 118 cm³/mol. The second-order valence-corrected chi connectivity index (χ2v) is 7.46. The number of ether oxygens (including phenoxy) is 3. The van der Waals surface area contributed by atoms with Crippen molar-refractivity contribution >= 4 is 33.9 Å². The van der Waals surface area contributed by atoms with Crippen molar-refractivity contribution in [3.63, 3.8) is 0 Å². The van der Waals surface area contributed by atoms with Crippen LogP contribution in [0.15, 0.2) is 81.9 Å². The van der Waals surface area contributed by atoms with E-state index in [9.17, 15) is 9.18 Å². The molecule has 4 rings (SSSR count). The number of hydrogen-bond donors (Lipinski definition) is 0. The summed E-state index contributed by atoms with van der Waals surface area (Å²) in [7, 11) is 1.54. The molecule has 5 nitrogen and oxygen atoms in total. The summed E-state index contributed by atoms with van der Waals surface area (Å²) in [6, 6.07) is 18.8. The number of carbonyl (C=O) groups excluding carboxylic acids is 1. The van der Waals surface area contributed by atoms with Crippen LogP contribution in [0.1, 0.15) is 16.7 Å². The van der Waals surface area contributed by atoms with Crippen LogP contribution in [0.2, 0.25) is 0 Å². The molecule has 1 heterocycles. The Hall–Kier alpha value is -3.45. The van der Waals surface area contributed by atoms with E-state index in [0.717, 1.165) is 10.0 Å². The van der Waals surface area contributed by atoms with Crippen molar-refractivity contribution in [2.45, 2.75) is 6.61 Å². The first-order chi connectivity index (χ1) is 15.0. The first kappa shape index (κ1) is 20.8. The van der Waals surface area contributed by atoms with Gasteiger partial charge in [0.1, 0.15) is 12.4 Å². The highest BCUT2D eigenvalue weighted by Crippen LogP contribution is 2.34. The van der Waals surface area contributed by atoms with E-state index in [0.29, 0.717) is 29.2 Å². The van der Waals surface area contributed by atoms with Gasteiger partial charge < -0.3 is 14.2 Å². The standard InChI is InChI=1S/C24H17BrFNO4/c1-29-21-11-5-7-15(22(21)30-14-17-6-2-3-10-19(17)25)13-20-24(28)31-23(27-20)16-8-4-9-18(26)12-16/h2-13H,14H2,1H3/b20-13-. The minimum Gasteiger partial charge on any atom is -0.493 e. The third-order valence-electron chi connectivity index (χ3n) is 4.54. The molecule has 0 radical (unpaired) electrons. The molecule has 0 unspecified atom stereocenters. The molecule has 1 aliphatic rings. The number of carbonyl (C=O) groups is 1. The van der Waals surface area contributed by atoms with Gasteiger partial charge in [-0.25, -0.2) is 14.2 Å². The smallest absolute Gasteiger partial charge is 0.363 e. The quantitative estimate of drug-likeness (QED) is 0.343. The number of esters is 1. The zero-order valence-corrected chi connectivity index (χ0v) is 18.1. The number of rotatable bonds is 6. The van der Waals surface area contributed by atoms with E-state index in [1.165, 1.54) is 18.2 Å². The van der Waals surface area contributed by atoms with Crippen molar-refractivity contribution in [1.29, 1.82) is 0 Å². The van der Waals surface area contributed by atoms with Crippen LogP contribution in [-0.4, -0.2) is 19.0 Å². The molecule has 0 saturated heterocycles. The van der Waals surface area contributed by atoms with E-state index in [-0.39, 0.29) is 11.6 Å². The van der Waals surface area contributed by atoms with Crippen LogP contribution < -0.4 is 9.47 Å². The van der Waals surface area contributed by atoms with Gasteiger partial charge in [-0.3, -0.25) is 0 Å². The molecule has 0 bridgehead atoms. The molecule has 0 fully saturated rings. The Morgan fingerprint density at radius 2 is 1.90 bits per heavy atom. The minimum absolute atomic E-state index is 0.0503. The highest BCUT2D eigenvalue weighted by molar-refractivity contribution is 9.10. The summed E-state index contributed by atoms with van der Waals surface area (Å²) in [4.78, 5) is 16.6. The van der Waals surface area contributed by atoms with Gasteiger partial charge in [-0.2, -0.15) is 0 Å². The molecule has 0 saturated carbocycles. The van der Waals surface area contributed by atoms with Gasteiger partial charge in [0.15, 0.2) is 17.2 Å². The van der Waals surface area contributed by atoms with Crippen molar-refractivity contribution in [3.8, 4) is 11.5 Å². The van der Waals surface area contributed by atoms with Crippen LogP contribution in [0.3, 0.4) is 0 Å². The molecule has 3 aromatic carbocycles. The van der Waals surface area contributed by atoms with Crippen LogP contribution in [0.5, 0.6) is 11.5 Å². The summed E-state index contributed by atoms with van der Waals surface area (Å²) in [6.07, 6.45) is 1.56. The fourth-order valence-electron chi connectivity index (χ4n) is 3.03. The number of cyclic esters (lactones) is 1. The summed E-state index contributed by atoms with van der Waals surface area (Å²) in [5.74, 6) is -0.0324. The molecule has 0 atom stereocenters. The lowest BCUT2D eigenvalue weighted by atomic mass is 10.1. The van der Waals surface area contributed by atoms with Crippen molar-refractivity contribution in [3.05, 3.63) is 99.4 Å². The number of nitrogens with zero attached hydrogens (tertiary/aromatic N) is 1. The maximum absolute atomic E-state index is 13.5. The van der Waals surface area contributed by atoms with Crippen molar-refractivity contribution < 1.29 is 23.4 Å². The monoisotopic (exact) mass is 481 g/mol. The van der Waals surface area contributed by atoms with Gasteiger partial charge in [0.2, 0.25) is 5.90 Å². The zero-order valence-electron chi connectivity index (χ0n) is 16.5. The highest BCUT2D eigenvalue weighted by Gasteiger charge is 2.25. The van der Waals surface area contributed by atoms with Gasteiger partial charge in [-0.1, -0.05) is 52.3 Å². The Morgan fingerprint density at radius 1 is 1.10 bits per heavy atom. The molecule has 7 heteroatoms. The molecule has 0 aromatic heterocycles. The highest BCUT2D eigenvalue weighted by atomic mass is 79.9. The molecule has 1 aliphatic heterocycles. The number of halogens is 2. The zero-order chi connectivity index (χ0) is 21.8. The number of hydrogen-bond acceptors (Lipinski definition) is 5. The van der Waals surface area contributed by atoms with Crippen molar-refractivity contribution in [2.75, 3.05) is 7.11 Å². The summed E-state index contributed by atoms with van der Waals surface area (Å²) in [6.45, 7) is 0.292. The topological polar surface area (TPSA) is 57.1 Å². The maximum atomic E-state index is 13.5. The molecular formula is C24H17BrFNO4. The second kappa shape index (κ2) is 9.14. The summed E-state index contributed by atoms with van der Waals surface area (Å²) < 4.78 is 31.1. The van der Waals surface area contributed by atoms with Crippen LogP contribution >= 0.6 is 15.9 Å². The summed E-state index contributed by atoms with van der Waals surface area (Å²) >= 11 is 3.51. The lowest BCUT2D eigenvalue weighted by Crippen LogP contribution is -2.05. The average Bonchev–Trinajstić information content (AvgIpc) is 3.14. The van der Waals surface area contributed by atoms with E-state index < -0.39 is 11.8 Å². The average molecular weight is 482 g/mol.